The zero-order chi connectivity index (χ0) is 20.8. The van der Waals surface area contributed by atoms with Gasteiger partial charge in [-0.15, -0.1) is 0 Å². The van der Waals surface area contributed by atoms with Crippen LogP contribution < -0.4 is 0 Å². The molecular weight excluding hydrogens is 448 g/mol. The van der Waals surface area contributed by atoms with Gasteiger partial charge in [-0.1, -0.05) is 30.3 Å². The van der Waals surface area contributed by atoms with Gasteiger partial charge in [0.05, 0.1) is 32.8 Å². The normalized spacial score (nSPS) is 12.4. The van der Waals surface area contributed by atoms with Crippen LogP contribution in [0.25, 0.3) is 57.5 Å². The monoisotopic (exact) mass is 464 g/mol. The van der Waals surface area contributed by atoms with Crippen molar-refractivity contribution in [3.63, 3.8) is 0 Å². The van der Waals surface area contributed by atoms with E-state index in [0.717, 1.165) is 60.4 Å². The van der Waals surface area contributed by atoms with E-state index in [0.29, 0.717) is 0 Å². The van der Waals surface area contributed by atoms with Gasteiger partial charge < -0.3 is 9.97 Å². The molecule has 1 aromatic carbocycles. The van der Waals surface area contributed by atoms with Crippen molar-refractivity contribution in [2.75, 3.05) is 0 Å². The molecule has 5 heterocycles. The number of hydrogen-bond donors (Lipinski definition) is 2. The van der Waals surface area contributed by atoms with Crippen molar-refractivity contribution in [1.82, 2.24) is 19.9 Å². The number of aromatic nitrogens is 4. The van der Waals surface area contributed by atoms with Gasteiger partial charge in [-0.3, -0.25) is 0 Å². The molecule has 2 N–H and O–H groups in total. The lowest BCUT2D eigenvalue weighted by molar-refractivity contribution is 1.28. The van der Waals surface area contributed by atoms with Crippen LogP contribution in [0.5, 0.6) is 0 Å². The zero-order valence-electron chi connectivity index (χ0n) is 16.4. The highest BCUT2D eigenvalue weighted by Gasteiger charge is 2.12. The number of aromatic amines is 2. The highest BCUT2D eigenvalue weighted by Crippen LogP contribution is 2.36. The van der Waals surface area contributed by atoms with E-state index in [9.17, 15) is 0 Å². The maximum Gasteiger partial charge on any atom is 0.0659 e. The number of H-pyrrole nitrogens is 2. The van der Waals surface area contributed by atoms with Crippen LogP contribution in [-0.2, 0) is 0 Å². The molecule has 148 valence electrons. The van der Waals surface area contributed by atoms with E-state index in [2.05, 4.69) is 79.4 Å². The Balaban J connectivity index is 1.72. The van der Waals surface area contributed by atoms with Gasteiger partial charge in [-0.25, -0.2) is 9.97 Å². The van der Waals surface area contributed by atoms with Crippen LogP contribution >= 0.6 is 15.9 Å². The Morgan fingerprint density at radius 1 is 0.581 bits per heavy atom. The van der Waals surface area contributed by atoms with E-state index in [4.69, 9.17) is 4.98 Å². The fraction of sp³-hybridized carbons (Fsp3) is 0. The van der Waals surface area contributed by atoms with Crippen molar-refractivity contribution in [2.45, 2.75) is 0 Å². The molecule has 0 unspecified atom stereocenters. The third-order valence-electron chi connectivity index (χ3n) is 5.35. The summed E-state index contributed by atoms with van der Waals surface area (Å²) in [7, 11) is 0. The minimum absolute atomic E-state index is 0.892. The van der Waals surface area contributed by atoms with E-state index in [-0.39, 0.29) is 0 Å². The lowest BCUT2D eigenvalue weighted by Crippen LogP contribution is -1.78. The molecule has 0 radical (unpaired) electrons. The molecule has 0 aliphatic carbocycles. The molecule has 0 atom stereocenters. The van der Waals surface area contributed by atoms with E-state index in [1.54, 1.807) is 0 Å². The first kappa shape index (κ1) is 18.1. The fourth-order valence-electron chi connectivity index (χ4n) is 3.93. The highest BCUT2D eigenvalue weighted by molar-refractivity contribution is 9.10. The van der Waals surface area contributed by atoms with Crippen LogP contribution in [0.2, 0.25) is 0 Å². The van der Waals surface area contributed by atoms with E-state index < -0.39 is 0 Å². The van der Waals surface area contributed by atoms with Crippen LogP contribution in [-0.4, -0.2) is 19.9 Å². The molecule has 5 heteroatoms. The number of benzene rings is 1. The summed E-state index contributed by atoms with van der Waals surface area (Å²) < 4.78 is 1.02. The van der Waals surface area contributed by atoms with Crippen LogP contribution in [0.1, 0.15) is 22.8 Å². The molecule has 0 amide bonds. The molecule has 8 bridgehead atoms. The van der Waals surface area contributed by atoms with Gasteiger partial charge in [0.1, 0.15) is 0 Å². The summed E-state index contributed by atoms with van der Waals surface area (Å²) in [6.45, 7) is 0. The molecule has 6 rings (SSSR count). The maximum atomic E-state index is 4.77. The number of hydrogen-bond acceptors (Lipinski definition) is 2. The molecule has 0 saturated carbocycles. The van der Waals surface area contributed by atoms with Gasteiger partial charge in [-0.05, 0) is 82.2 Å². The minimum atomic E-state index is 0.892. The van der Waals surface area contributed by atoms with Crippen molar-refractivity contribution in [3.05, 3.63) is 94.0 Å². The van der Waals surface area contributed by atoms with Crippen molar-refractivity contribution >= 4 is 62.3 Å². The first-order valence-corrected chi connectivity index (χ1v) is 10.8. The van der Waals surface area contributed by atoms with Gasteiger partial charge in [0.2, 0.25) is 0 Å². The molecule has 4 aromatic rings. The first-order valence-electron chi connectivity index (χ1n) is 10.0. The molecule has 2 aliphatic heterocycles. The van der Waals surface area contributed by atoms with E-state index >= 15 is 0 Å². The largest absolute Gasteiger partial charge is 0.355 e. The molecule has 3 aromatic heterocycles. The summed E-state index contributed by atoms with van der Waals surface area (Å²) in [4.78, 5) is 16.5. The van der Waals surface area contributed by atoms with Gasteiger partial charge >= 0.3 is 0 Å². The molecule has 4 nitrogen and oxygen atoms in total. The topological polar surface area (TPSA) is 57.4 Å². The summed E-state index contributed by atoms with van der Waals surface area (Å²) in [5.41, 5.74) is 9.89. The second kappa shape index (κ2) is 7.22. The number of halogens is 1. The second-order valence-corrected chi connectivity index (χ2v) is 8.34. The molecule has 0 spiro atoms. The molecular formula is C26H17BrN4. The lowest BCUT2D eigenvalue weighted by Gasteiger charge is -2.00. The highest BCUT2D eigenvalue weighted by atomic mass is 79.9. The van der Waals surface area contributed by atoms with Crippen LogP contribution in [0, 0.1) is 0 Å². The predicted molar refractivity (Wildman–Crippen MR) is 132 cm³/mol. The first-order chi connectivity index (χ1) is 15.2. The van der Waals surface area contributed by atoms with Crippen molar-refractivity contribution in [2.24, 2.45) is 0 Å². The Labute approximate surface area is 187 Å². The Morgan fingerprint density at radius 3 is 1.90 bits per heavy atom. The van der Waals surface area contributed by atoms with Crippen molar-refractivity contribution in [1.29, 1.82) is 0 Å². The third-order valence-corrected chi connectivity index (χ3v) is 6.17. The Morgan fingerprint density at radius 2 is 1.19 bits per heavy atom. The molecule has 0 fully saturated rings. The maximum absolute atomic E-state index is 4.77. The van der Waals surface area contributed by atoms with E-state index in [1.807, 2.05) is 42.5 Å². The summed E-state index contributed by atoms with van der Waals surface area (Å²) >= 11 is 3.84. The average molecular weight is 465 g/mol. The van der Waals surface area contributed by atoms with Crippen molar-refractivity contribution < 1.29 is 0 Å². The van der Waals surface area contributed by atoms with Gasteiger partial charge in [0.15, 0.2) is 0 Å². The third kappa shape index (κ3) is 3.43. The van der Waals surface area contributed by atoms with Crippen LogP contribution in [0.15, 0.2) is 71.2 Å². The van der Waals surface area contributed by atoms with Crippen LogP contribution in [0.4, 0.5) is 0 Å². The Hall–Kier alpha value is -3.70. The summed E-state index contributed by atoms with van der Waals surface area (Å²) in [6, 6.07) is 22.8. The average Bonchev–Trinajstić information content (AvgIpc) is 3.55. The van der Waals surface area contributed by atoms with Crippen molar-refractivity contribution in [3.8, 4) is 11.1 Å². The molecule has 31 heavy (non-hydrogen) atoms. The van der Waals surface area contributed by atoms with E-state index in [1.165, 1.54) is 0 Å². The van der Waals surface area contributed by atoms with Gasteiger partial charge in [-0.2, -0.15) is 0 Å². The lowest BCUT2D eigenvalue weighted by atomic mass is 10.1. The minimum Gasteiger partial charge on any atom is -0.355 e. The predicted octanol–water partition coefficient (Wildman–Crippen LogP) is 7.09. The number of nitrogens with zero attached hydrogens (tertiary/aromatic N) is 2. The summed E-state index contributed by atoms with van der Waals surface area (Å²) in [5.74, 6) is 0. The fourth-order valence-corrected chi connectivity index (χ4v) is 4.59. The summed E-state index contributed by atoms with van der Waals surface area (Å²) in [5, 5.41) is 0. The zero-order valence-corrected chi connectivity index (χ0v) is 18.0. The molecule has 2 aliphatic rings. The quantitative estimate of drug-likeness (QED) is 0.273. The Bertz CT molecular complexity index is 1540. The van der Waals surface area contributed by atoms with Gasteiger partial charge in [0, 0.05) is 22.1 Å². The standard InChI is InChI=1S/C26H17BrN4/c27-26-24-15-22-11-9-20(30-22)13-18-7-6-17(28-18)12-19-8-10-21(29-19)14-23(31-24)25(26)16-4-2-1-3-5-16/h1-15,30-31H. The number of fused-ring (bicyclic) bond motifs is 8. The second-order valence-electron chi connectivity index (χ2n) is 7.54. The summed E-state index contributed by atoms with van der Waals surface area (Å²) in [6.07, 6.45) is 8.08. The smallest absolute Gasteiger partial charge is 0.0659 e. The van der Waals surface area contributed by atoms with Gasteiger partial charge in [0.25, 0.3) is 0 Å². The SMILES string of the molecule is Brc1c(-c2ccccc2)c2cc3nc(cc4nc(cc5ccc(cc1[nH]2)[nH]5)C=C4)C=C3. The van der Waals surface area contributed by atoms with Crippen LogP contribution in [0.3, 0.4) is 0 Å². The molecule has 0 saturated heterocycles. The Kier molecular flexibility index (Phi) is 4.21. The number of rotatable bonds is 1. The number of nitrogens with one attached hydrogen (secondary N) is 2.